The van der Waals surface area contributed by atoms with Crippen LogP contribution in [0.5, 0.6) is 5.75 Å². The van der Waals surface area contributed by atoms with Gasteiger partial charge in [0.05, 0.1) is 0 Å². The first-order valence-electron chi connectivity index (χ1n) is 8.32. The van der Waals surface area contributed by atoms with Gasteiger partial charge in [-0.3, -0.25) is 4.79 Å². The average Bonchev–Trinajstić information content (AvgIpc) is 3.19. The number of rotatable bonds is 6. The molecule has 2 heterocycles. The number of esters is 1. The third-order valence-corrected chi connectivity index (χ3v) is 4.32. The highest BCUT2D eigenvalue weighted by Gasteiger charge is 2.31. The molecule has 1 unspecified atom stereocenters. The zero-order chi connectivity index (χ0) is 21.7. The Balaban J connectivity index is 1.56. The average molecular weight is 438 g/mol. The number of alkyl halides is 3. The van der Waals surface area contributed by atoms with Gasteiger partial charge in [-0.05, 0) is 37.3 Å². The molecule has 0 saturated carbocycles. The zero-order valence-electron chi connectivity index (χ0n) is 15.2. The molecule has 1 aromatic carbocycles. The van der Waals surface area contributed by atoms with Crippen molar-refractivity contribution in [2.24, 2.45) is 0 Å². The molecule has 0 aliphatic heterocycles. The van der Waals surface area contributed by atoms with Crippen LogP contribution < -0.4 is 10.1 Å². The summed E-state index contributed by atoms with van der Waals surface area (Å²) in [4.78, 5) is 36.6. The molecule has 0 fully saturated rings. The molecule has 1 amide bonds. The van der Waals surface area contributed by atoms with Crippen LogP contribution in [0.3, 0.4) is 0 Å². The highest BCUT2D eigenvalue weighted by molar-refractivity contribution is 7.13. The van der Waals surface area contributed by atoms with Gasteiger partial charge in [0, 0.05) is 23.5 Å². The largest absolute Gasteiger partial charge is 0.573 e. The number of anilines is 1. The van der Waals surface area contributed by atoms with E-state index in [4.69, 9.17) is 4.74 Å². The van der Waals surface area contributed by atoms with E-state index in [0.717, 1.165) is 23.5 Å². The normalized spacial score (nSPS) is 12.1. The molecule has 0 spiro atoms. The van der Waals surface area contributed by atoms with Crippen LogP contribution >= 0.6 is 11.3 Å². The Morgan fingerprint density at radius 2 is 1.80 bits per heavy atom. The summed E-state index contributed by atoms with van der Waals surface area (Å²) in [5.74, 6) is -1.56. The van der Waals surface area contributed by atoms with Gasteiger partial charge in [-0.2, -0.15) is 0 Å². The van der Waals surface area contributed by atoms with E-state index in [1.165, 1.54) is 36.8 Å². The molecule has 0 saturated heterocycles. The van der Waals surface area contributed by atoms with E-state index in [9.17, 15) is 22.8 Å². The van der Waals surface area contributed by atoms with Crippen LogP contribution in [-0.2, 0) is 9.53 Å². The SMILES string of the molecule is CC(OC(=O)c1csc(-c2ncccn2)n1)C(=O)Nc1ccc(OC(F)(F)F)cc1. The van der Waals surface area contributed by atoms with E-state index >= 15 is 0 Å². The number of ether oxygens (including phenoxy) is 2. The van der Waals surface area contributed by atoms with Gasteiger partial charge in [-0.15, -0.1) is 24.5 Å². The lowest BCUT2D eigenvalue weighted by molar-refractivity contribution is -0.274. The second-order valence-corrected chi connectivity index (χ2v) is 6.58. The molecule has 0 radical (unpaired) electrons. The summed E-state index contributed by atoms with van der Waals surface area (Å²) >= 11 is 1.14. The molecule has 3 rings (SSSR count). The van der Waals surface area contributed by atoms with Crippen LogP contribution in [0.4, 0.5) is 18.9 Å². The number of carbonyl (C=O) groups excluding carboxylic acids is 2. The molecule has 30 heavy (non-hydrogen) atoms. The fourth-order valence-corrected chi connectivity index (χ4v) is 2.87. The van der Waals surface area contributed by atoms with Crippen molar-refractivity contribution in [3.8, 4) is 16.6 Å². The predicted molar refractivity (Wildman–Crippen MR) is 99.8 cm³/mol. The molecule has 1 atom stereocenters. The van der Waals surface area contributed by atoms with Crippen molar-refractivity contribution in [2.45, 2.75) is 19.4 Å². The number of hydrogen-bond donors (Lipinski definition) is 1. The summed E-state index contributed by atoms with van der Waals surface area (Å²) in [5, 5.41) is 4.30. The van der Waals surface area contributed by atoms with Gasteiger partial charge in [-0.1, -0.05) is 0 Å². The van der Waals surface area contributed by atoms with Crippen molar-refractivity contribution in [3.63, 3.8) is 0 Å². The van der Waals surface area contributed by atoms with E-state index in [1.54, 1.807) is 6.07 Å². The molecule has 1 N–H and O–H groups in total. The number of aromatic nitrogens is 3. The summed E-state index contributed by atoms with van der Waals surface area (Å²) in [6.07, 6.45) is -2.91. The molecule has 156 valence electrons. The Morgan fingerprint density at radius 3 is 2.43 bits per heavy atom. The number of nitrogens with one attached hydrogen (secondary N) is 1. The summed E-state index contributed by atoms with van der Waals surface area (Å²) in [5.41, 5.74) is 0.199. The van der Waals surface area contributed by atoms with E-state index in [2.05, 4.69) is 25.0 Å². The third kappa shape index (κ3) is 5.73. The van der Waals surface area contributed by atoms with E-state index in [1.807, 2.05) is 0 Å². The van der Waals surface area contributed by atoms with Gasteiger partial charge in [-0.25, -0.2) is 19.7 Å². The van der Waals surface area contributed by atoms with Gasteiger partial charge in [0.15, 0.2) is 22.6 Å². The topological polar surface area (TPSA) is 103 Å². The first-order valence-corrected chi connectivity index (χ1v) is 9.20. The zero-order valence-corrected chi connectivity index (χ0v) is 16.0. The number of nitrogens with zero attached hydrogens (tertiary/aromatic N) is 3. The third-order valence-electron chi connectivity index (χ3n) is 3.48. The maximum absolute atomic E-state index is 12.2. The van der Waals surface area contributed by atoms with E-state index in [-0.39, 0.29) is 11.4 Å². The Morgan fingerprint density at radius 1 is 1.13 bits per heavy atom. The molecule has 3 aromatic rings. The Bertz CT molecular complexity index is 1030. The van der Waals surface area contributed by atoms with Crippen LogP contribution in [-0.4, -0.2) is 39.3 Å². The molecule has 0 aliphatic rings. The highest BCUT2D eigenvalue weighted by Crippen LogP contribution is 2.24. The maximum Gasteiger partial charge on any atom is 0.573 e. The summed E-state index contributed by atoms with van der Waals surface area (Å²) < 4.78 is 45.3. The van der Waals surface area contributed by atoms with Gasteiger partial charge >= 0.3 is 12.3 Å². The molecule has 12 heteroatoms. The lowest BCUT2D eigenvalue weighted by Crippen LogP contribution is -2.30. The van der Waals surface area contributed by atoms with Crippen LogP contribution in [0.25, 0.3) is 10.8 Å². The van der Waals surface area contributed by atoms with Crippen molar-refractivity contribution in [3.05, 3.63) is 53.8 Å². The summed E-state index contributed by atoms with van der Waals surface area (Å²) in [6.45, 7) is 1.35. The predicted octanol–water partition coefficient (Wildman–Crippen LogP) is 3.68. The van der Waals surface area contributed by atoms with Crippen LogP contribution in [0.1, 0.15) is 17.4 Å². The number of benzene rings is 1. The maximum atomic E-state index is 12.2. The van der Waals surface area contributed by atoms with Crippen molar-refractivity contribution in [1.82, 2.24) is 15.0 Å². The lowest BCUT2D eigenvalue weighted by Gasteiger charge is -2.13. The molecular weight excluding hydrogens is 425 g/mol. The molecule has 2 aromatic heterocycles. The minimum atomic E-state index is -4.81. The van der Waals surface area contributed by atoms with Crippen LogP contribution in [0.2, 0.25) is 0 Å². The first kappa shape index (κ1) is 21.2. The second kappa shape index (κ2) is 8.86. The van der Waals surface area contributed by atoms with Crippen molar-refractivity contribution in [2.75, 3.05) is 5.32 Å². The fraction of sp³-hybridized carbons (Fsp3) is 0.167. The quantitative estimate of drug-likeness (QED) is 0.586. The first-order chi connectivity index (χ1) is 14.2. The Kier molecular flexibility index (Phi) is 6.26. The van der Waals surface area contributed by atoms with E-state index < -0.39 is 30.1 Å². The molecule has 0 aliphatic carbocycles. The highest BCUT2D eigenvalue weighted by atomic mass is 32.1. The van der Waals surface area contributed by atoms with E-state index in [0.29, 0.717) is 10.8 Å². The molecule has 0 bridgehead atoms. The molecule has 8 nitrogen and oxygen atoms in total. The van der Waals surface area contributed by atoms with Crippen LogP contribution in [0, 0.1) is 0 Å². The van der Waals surface area contributed by atoms with Crippen molar-refractivity contribution < 1.29 is 32.2 Å². The summed E-state index contributed by atoms with van der Waals surface area (Å²) in [6, 6.07) is 6.17. The minimum Gasteiger partial charge on any atom is -0.448 e. The summed E-state index contributed by atoms with van der Waals surface area (Å²) in [7, 11) is 0. The second-order valence-electron chi connectivity index (χ2n) is 5.72. The Hall–Kier alpha value is -3.54. The smallest absolute Gasteiger partial charge is 0.448 e. The van der Waals surface area contributed by atoms with Gasteiger partial charge in [0.1, 0.15) is 5.75 Å². The minimum absolute atomic E-state index is 0.00393. The number of carbonyl (C=O) groups is 2. The van der Waals surface area contributed by atoms with Gasteiger partial charge in [0.25, 0.3) is 5.91 Å². The van der Waals surface area contributed by atoms with Crippen LogP contribution in [0.15, 0.2) is 48.1 Å². The monoisotopic (exact) mass is 438 g/mol. The molecular formula is C18H13F3N4O4S. The fourth-order valence-electron chi connectivity index (χ4n) is 2.14. The van der Waals surface area contributed by atoms with Gasteiger partial charge < -0.3 is 14.8 Å². The number of amides is 1. The lowest BCUT2D eigenvalue weighted by atomic mass is 10.3. The van der Waals surface area contributed by atoms with Crippen molar-refractivity contribution >= 4 is 28.9 Å². The Labute approximate surface area is 171 Å². The number of thiazole rings is 1. The number of hydrogen-bond acceptors (Lipinski definition) is 8. The van der Waals surface area contributed by atoms with Crippen molar-refractivity contribution in [1.29, 1.82) is 0 Å². The standard InChI is InChI=1S/C18H13F3N4O4S/c1-10(15(26)24-11-3-5-12(6-4-11)29-18(19,20)21)28-17(27)13-9-30-16(25-13)14-22-7-2-8-23-14/h2-10H,1H3,(H,24,26). The number of halogens is 3. The van der Waals surface area contributed by atoms with Gasteiger partial charge in [0.2, 0.25) is 0 Å².